The van der Waals surface area contributed by atoms with Crippen LogP contribution in [-0.4, -0.2) is 35.3 Å². The Morgan fingerprint density at radius 3 is 0.961 bits per heavy atom. The first-order chi connectivity index (χ1) is 24.9. The molecule has 0 N–H and O–H groups in total. The van der Waals surface area contributed by atoms with Gasteiger partial charge < -0.3 is 19.1 Å². The van der Waals surface area contributed by atoms with Crippen molar-refractivity contribution in [2.24, 2.45) is 0 Å². The lowest BCUT2D eigenvalue weighted by molar-refractivity contribution is 0.0162. The van der Waals surface area contributed by atoms with Crippen molar-refractivity contribution in [3.63, 3.8) is 0 Å². The molecule has 0 aliphatic heterocycles. The molecule has 0 unspecified atom stereocenters. The van der Waals surface area contributed by atoms with Crippen LogP contribution in [0.15, 0.2) is 170 Å². The fourth-order valence-corrected chi connectivity index (χ4v) is 7.30. The van der Waals surface area contributed by atoms with Gasteiger partial charge in [-0.15, -0.1) is 0 Å². The van der Waals surface area contributed by atoms with Crippen LogP contribution in [0.2, 0.25) is 6.32 Å². The van der Waals surface area contributed by atoms with Gasteiger partial charge in [-0.25, -0.2) is 0 Å². The maximum Gasteiger partial charge on any atom is 0.458 e. The summed E-state index contributed by atoms with van der Waals surface area (Å²) in [5, 5.41) is 0. The van der Waals surface area contributed by atoms with Crippen LogP contribution >= 0.6 is 0 Å². The SMILES string of the molecule is CCB(OC(Cc1ccccc1N(C)C)(c1ccccc1)c1ccccc1)OC(Cc1ccccc1N(C)C)(c1ccccc1)c1ccccc1. The molecule has 0 saturated carbocycles. The van der Waals surface area contributed by atoms with Crippen LogP contribution in [0.4, 0.5) is 11.4 Å². The van der Waals surface area contributed by atoms with Gasteiger partial charge in [0.15, 0.2) is 0 Å². The number of benzene rings is 6. The Kier molecular flexibility index (Phi) is 11.4. The van der Waals surface area contributed by atoms with E-state index in [0.717, 1.165) is 33.6 Å². The normalized spacial score (nSPS) is 11.6. The van der Waals surface area contributed by atoms with Crippen LogP contribution in [0.1, 0.15) is 40.3 Å². The summed E-state index contributed by atoms with van der Waals surface area (Å²) in [7, 11) is 7.81. The van der Waals surface area contributed by atoms with E-state index in [0.29, 0.717) is 19.2 Å². The fraction of sp³-hybridized carbons (Fsp3) is 0.217. The fourth-order valence-electron chi connectivity index (χ4n) is 7.30. The number of para-hydroxylation sites is 2. The Bertz CT molecular complexity index is 1730. The summed E-state index contributed by atoms with van der Waals surface area (Å²) in [5.41, 5.74) is 7.30. The molecule has 0 saturated heterocycles. The number of rotatable bonds is 15. The van der Waals surface area contributed by atoms with E-state index in [1.54, 1.807) is 0 Å². The molecule has 6 aromatic carbocycles. The van der Waals surface area contributed by atoms with Crippen molar-refractivity contribution in [2.45, 2.75) is 37.3 Å². The van der Waals surface area contributed by atoms with Crippen molar-refractivity contribution in [1.29, 1.82) is 0 Å². The van der Waals surface area contributed by atoms with E-state index in [-0.39, 0.29) is 0 Å². The van der Waals surface area contributed by atoms with Gasteiger partial charge in [0.05, 0.1) is 0 Å². The Balaban J connectivity index is 1.55. The average molecular weight is 673 g/mol. The number of hydrogen-bond acceptors (Lipinski definition) is 4. The molecular formula is C46H49BN2O2. The highest BCUT2D eigenvalue weighted by Crippen LogP contribution is 2.44. The Morgan fingerprint density at radius 2 is 0.686 bits per heavy atom. The Labute approximate surface area is 305 Å². The van der Waals surface area contributed by atoms with E-state index in [4.69, 9.17) is 9.31 Å². The molecule has 0 radical (unpaired) electrons. The predicted molar refractivity (Wildman–Crippen MR) is 215 cm³/mol. The number of anilines is 2. The molecule has 6 rings (SSSR count). The molecule has 0 aliphatic rings. The summed E-state index contributed by atoms with van der Waals surface area (Å²) in [6.07, 6.45) is 1.86. The van der Waals surface area contributed by atoms with Gasteiger partial charge in [0.2, 0.25) is 0 Å². The highest BCUT2D eigenvalue weighted by molar-refractivity contribution is 6.44. The summed E-state index contributed by atoms with van der Waals surface area (Å²) in [4.78, 5) is 4.36. The minimum Gasteiger partial charge on any atom is -0.397 e. The minimum absolute atomic E-state index is 0.594. The van der Waals surface area contributed by atoms with Gasteiger partial charge in [-0.2, -0.15) is 0 Å². The Hall–Kier alpha value is -5.10. The molecule has 0 heterocycles. The third kappa shape index (κ3) is 7.81. The summed E-state index contributed by atoms with van der Waals surface area (Å²) in [6.45, 7) is 2.16. The van der Waals surface area contributed by atoms with Crippen molar-refractivity contribution < 1.29 is 9.31 Å². The lowest BCUT2D eigenvalue weighted by Crippen LogP contribution is -2.46. The highest BCUT2D eigenvalue weighted by Gasteiger charge is 2.45. The Morgan fingerprint density at radius 1 is 0.412 bits per heavy atom. The molecule has 0 aromatic heterocycles. The van der Waals surface area contributed by atoms with Gasteiger partial charge in [-0.1, -0.05) is 165 Å². The first kappa shape index (κ1) is 35.7. The van der Waals surface area contributed by atoms with E-state index >= 15 is 0 Å². The van der Waals surface area contributed by atoms with Gasteiger partial charge >= 0.3 is 7.12 Å². The molecule has 0 bridgehead atoms. The smallest absolute Gasteiger partial charge is 0.397 e. The van der Waals surface area contributed by atoms with Gasteiger partial charge in [0, 0.05) is 52.4 Å². The molecule has 0 atom stereocenters. The molecule has 4 nitrogen and oxygen atoms in total. The summed E-state index contributed by atoms with van der Waals surface area (Å²) >= 11 is 0. The largest absolute Gasteiger partial charge is 0.458 e. The second kappa shape index (κ2) is 16.3. The van der Waals surface area contributed by atoms with Crippen molar-refractivity contribution >= 4 is 18.5 Å². The van der Waals surface area contributed by atoms with Gasteiger partial charge in [-0.3, -0.25) is 0 Å². The highest BCUT2D eigenvalue weighted by atomic mass is 16.6. The molecule has 5 heteroatoms. The van der Waals surface area contributed by atoms with Gasteiger partial charge in [0.25, 0.3) is 0 Å². The first-order valence-corrected chi connectivity index (χ1v) is 17.9. The van der Waals surface area contributed by atoms with Gasteiger partial charge in [0.1, 0.15) is 11.2 Å². The molecule has 6 aromatic rings. The molecule has 51 heavy (non-hydrogen) atoms. The second-order valence-electron chi connectivity index (χ2n) is 13.6. The zero-order chi connectivity index (χ0) is 35.7. The monoisotopic (exact) mass is 672 g/mol. The summed E-state index contributed by atoms with van der Waals surface area (Å²) in [5.74, 6) is 0. The lowest BCUT2D eigenvalue weighted by Gasteiger charge is -2.43. The maximum absolute atomic E-state index is 7.66. The molecular weight excluding hydrogens is 623 g/mol. The number of hydrogen-bond donors (Lipinski definition) is 0. The zero-order valence-electron chi connectivity index (χ0n) is 30.6. The third-order valence-electron chi connectivity index (χ3n) is 9.78. The predicted octanol–water partition coefficient (Wildman–Crippen LogP) is 10.0. The molecule has 0 aliphatic carbocycles. The van der Waals surface area contributed by atoms with Crippen LogP contribution in [0.5, 0.6) is 0 Å². The van der Waals surface area contributed by atoms with Crippen molar-refractivity contribution in [3.8, 4) is 0 Å². The van der Waals surface area contributed by atoms with E-state index in [1.807, 2.05) is 0 Å². The van der Waals surface area contributed by atoms with Crippen molar-refractivity contribution in [2.75, 3.05) is 38.0 Å². The topological polar surface area (TPSA) is 24.9 Å². The van der Waals surface area contributed by atoms with E-state index < -0.39 is 18.3 Å². The van der Waals surface area contributed by atoms with Gasteiger partial charge in [-0.05, 0) is 51.8 Å². The van der Waals surface area contributed by atoms with Crippen molar-refractivity contribution in [1.82, 2.24) is 0 Å². The average Bonchev–Trinajstić information content (AvgIpc) is 3.18. The van der Waals surface area contributed by atoms with E-state index in [9.17, 15) is 0 Å². The van der Waals surface area contributed by atoms with Crippen LogP contribution in [-0.2, 0) is 33.4 Å². The molecule has 258 valence electrons. The third-order valence-corrected chi connectivity index (χ3v) is 9.78. The zero-order valence-corrected chi connectivity index (χ0v) is 30.6. The lowest BCUT2D eigenvalue weighted by atomic mass is 9.73. The molecule has 0 fully saturated rings. The summed E-state index contributed by atoms with van der Waals surface area (Å²) in [6, 6.07) is 59.8. The molecule has 0 amide bonds. The maximum atomic E-state index is 7.66. The van der Waals surface area contributed by atoms with E-state index in [1.165, 1.54) is 11.1 Å². The van der Waals surface area contributed by atoms with Crippen LogP contribution < -0.4 is 9.80 Å². The number of nitrogens with zero attached hydrogens (tertiary/aromatic N) is 2. The standard InChI is InChI=1S/C46H49BN2O2/c1-6-47(50-45(39-25-11-7-12-26-39,40-27-13-8-14-28-40)35-37-23-19-21-33-43(37)48(2)3)51-46(41-29-15-9-16-30-41,42-31-17-10-18-32-42)36-38-24-20-22-34-44(38)49(4)5/h7-34H,6,35-36H2,1-5H3. The molecule has 0 spiro atoms. The first-order valence-electron chi connectivity index (χ1n) is 17.9. The van der Waals surface area contributed by atoms with Crippen molar-refractivity contribution in [3.05, 3.63) is 203 Å². The van der Waals surface area contributed by atoms with Crippen LogP contribution in [0, 0.1) is 0 Å². The van der Waals surface area contributed by atoms with E-state index in [2.05, 4.69) is 215 Å². The van der Waals surface area contributed by atoms with Crippen LogP contribution in [0.3, 0.4) is 0 Å². The van der Waals surface area contributed by atoms with Crippen LogP contribution in [0.25, 0.3) is 0 Å². The second-order valence-corrected chi connectivity index (χ2v) is 13.6. The summed E-state index contributed by atoms with van der Waals surface area (Å²) < 4.78 is 15.3. The minimum atomic E-state index is -0.865. The quantitative estimate of drug-likeness (QED) is 0.101.